The van der Waals surface area contributed by atoms with Gasteiger partial charge in [0, 0.05) is 18.9 Å². The molecular weight excluding hydrogens is 199 g/mol. The molecule has 2 aromatic rings. The molecule has 3 rings (SSSR count). The van der Waals surface area contributed by atoms with E-state index in [0.717, 1.165) is 5.92 Å². The van der Waals surface area contributed by atoms with E-state index >= 15 is 0 Å². The van der Waals surface area contributed by atoms with Crippen molar-refractivity contribution in [3.05, 3.63) is 59.7 Å². The molecule has 0 aliphatic heterocycles. The van der Waals surface area contributed by atoms with Gasteiger partial charge in [0.15, 0.2) is 0 Å². The first-order valence-electron chi connectivity index (χ1n) is 6.01. The maximum Gasteiger partial charge on any atom is 0 e. The molecule has 0 aromatic heterocycles. The Hall–Kier alpha value is -0.963. The average molecular weight is 215 g/mol. The van der Waals surface area contributed by atoms with Crippen LogP contribution >= 0.6 is 0 Å². The van der Waals surface area contributed by atoms with E-state index in [-0.39, 0.29) is 18.9 Å². The second kappa shape index (κ2) is 5.13. The normalized spacial score (nSPS) is 17.4. The summed E-state index contributed by atoms with van der Waals surface area (Å²) >= 11 is 0. The van der Waals surface area contributed by atoms with Crippen LogP contribution in [-0.2, 0) is 12.8 Å². The molecule has 1 aliphatic carbocycles. The van der Waals surface area contributed by atoms with Crippen molar-refractivity contribution in [3.63, 3.8) is 0 Å². The predicted octanol–water partition coefficient (Wildman–Crippen LogP) is 3.71. The molecule has 0 fully saturated rings. The minimum Gasteiger partial charge on any atom is -0.0622 e. The summed E-state index contributed by atoms with van der Waals surface area (Å²) in [6, 6.07) is 17.5. The van der Waals surface area contributed by atoms with Crippen molar-refractivity contribution in [2.45, 2.75) is 19.8 Å². The zero-order valence-electron chi connectivity index (χ0n) is 10.6. The maximum atomic E-state index is 2.34. The Balaban J connectivity index is 0.00000108. The van der Waals surface area contributed by atoms with Crippen molar-refractivity contribution in [1.82, 2.24) is 0 Å². The van der Waals surface area contributed by atoms with Gasteiger partial charge in [-0.3, -0.25) is 0 Å². The fourth-order valence-corrected chi connectivity index (χ4v) is 2.75. The Morgan fingerprint density at radius 1 is 0.882 bits per heavy atom. The molecule has 0 N–H and O–H groups in total. The summed E-state index contributed by atoms with van der Waals surface area (Å²) < 4.78 is 0. The van der Waals surface area contributed by atoms with Gasteiger partial charge >= 0.3 is 0 Å². The van der Waals surface area contributed by atoms with Crippen LogP contribution in [0.4, 0.5) is 0 Å². The van der Waals surface area contributed by atoms with E-state index in [1.165, 1.54) is 24.0 Å². The average Bonchev–Trinajstić information content (AvgIpc) is 2.70. The molecule has 1 atom stereocenters. The molecule has 17 heavy (non-hydrogen) atoms. The van der Waals surface area contributed by atoms with Gasteiger partial charge in [0.1, 0.15) is 0 Å². The smallest absolute Gasteiger partial charge is 0 e. The van der Waals surface area contributed by atoms with Crippen LogP contribution in [-0.4, -0.2) is 18.9 Å². The Morgan fingerprint density at radius 2 is 1.65 bits per heavy atom. The summed E-state index contributed by atoms with van der Waals surface area (Å²) in [6.07, 6.45) is 2.48. The van der Waals surface area contributed by atoms with Gasteiger partial charge in [0.2, 0.25) is 0 Å². The molecule has 1 radical (unpaired) electrons. The molecule has 81 valence electrons. The van der Waals surface area contributed by atoms with Gasteiger partial charge in [0.25, 0.3) is 0 Å². The van der Waals surface area contributed by atoms with Crippen LogP contribution in [0.15, 0.2) is 48.5 Å². The topological polar surface area (TPSA) is 0 Å². The fraction of sp³-hybridized carbons (Fsp3) is 0.250. The molecule has 0 saturated carbocycles. The molecule has 0 bridgehead atoms. The van der Waals surface area contributed by atoms with Crippen molar-refractivity contribution in [2.24, 2.45) is 5.92 Å². The first-order chi connectivity index (χ1) is 7.84. The van der Waals surface area contributed by atoms with Gasteiger partial charge in [-0.25, -0.2) is 0 Å². The SMILES string of the molecule is CC1Cc2cccc(-c3ccccc3)c2C1.[Li]. The van der Waals surface area contributed by atoms with Gasteiger partial charge in [-0.15, -0.1) is 0 Å². The summed E-state index contributed by atoms with van der Waals surface area (Å²) in [5.41, 5.74) is 5.91. The maximum absolute atomic E-state index is 2.34. The molecule has 1 heteroatoms. The second-order valence-corrected chi connectivity index (χ2v) is 4.82. The molecule has 0 amide bonds. The summed E-state index contributed by atoms with van der Waals surface area (Å²) in [5.74, 6) is 0.805. The Kier molecular flexibility index (Phi) is 3.77. The molecule has 1 unspecified atom stereocenters. The van der Waals surface area contributed by atoms with Gasteiger partial charge in [-0.2, -0.15) is 0 Å². The first-order valence-corrected chi connectivity index (χ1v) is 6.01. The quantitative estimate of drug-likeness (QED) is 0.636. The number of benzene rings is 2. The van der Waals surface area contributed by atoms with E-state index in [4.69, 9.17) is 0 Å². The molecule has 0 nitrogen and oxygen atoms in total. The van der Waals surface area contributed by atoms with E-state index in [0.29, 0.717) is 0 Å². The van der Waals surface area contributed by atoms with E-state index in [1.54, 1.807) is 11.1 Å². The third-order valence-electron chi connectivity index (χ3n) is 3.48. The second-order valence-electron chi connectivity index (χ2n) is 4.82. The van der Waals surface area contributed by atoms with Crippen LogP contribution < -0.4 is 0 Å². The molecular formula is C16H16Li. The Bertz CT molecular complexity index is 502. The molecule has 0 saturated heterocycles. The van der Waals surface area contributed by atoms with Crippen LogP contribution in [0, 0.1) is 5.92 Å². The number of rotatable bonds is 1. The summed E-state index contributed by atoms with van der Waals surface area (Å²) in [5, 5.41) is 0. The zero-order chi connectivity index (χ0) is 11.0. The van der Waals surface area contributed by atoms with Gasteiger partial charge in [0.05, 0.1) is 0 Å². The van der Waals surface area contributed by atoms with Crippen LogP contribution in [0.25, 0.3) is 11.1 Å². The first kappa shape index (κ1) is 12.5. The van der Waals surface area contributed by atoms with Gasteiger partial charge < -0.3 is 0 Å². The van der Waals surface area contributed by atoms with Crippen LogP contribution in [0.3, 0.4) is 0 Å². The minimum absolute atomic E-state index is 0. The molecule has 0 spiro atoms. The van der Waals surface area contributed by atoms with Gasteiger partial charge in [-0.1, -0.05) is 55.5 Å². The van der Waals surface area contributed by atoms with E-state index < -0.39 is 0 Å². The van der Waals surface area contributed by atoms with E-state index in [9.17, 15) is 0 Å². The van der Waals surface area contributed by atoms with Crippen molar-refractivity contribution in [3.8, 4) is 11.1 Å². The predicted molar refractivity (Wildman–Crippen MR) is 74.2 cm³/mol. The van der Waals surface area contributed by atoms with Crippen molar-refractivity contribution in [2.75, 3.05) is 0 Å². The number of fused-ring (bicyclic) bond motifs is 1. The van der Waals surface area contributed by atoms with Crippen molar-refractivity contribution in [1.29, 1.82) is 0 Å². The van der Waals surface area contributed by atoms with Crippen LogP contribution in [0.1, 0.15) is 18.1 Å². The summed E-state index contributed by atoms with van der Waals surface area (Å²) in [7, 11) is 0. The van der Waals surface area contributed by atoms with E-state index in [1.807, 2.05) is 0 Å². The van der Waals surface area contributed by atoms with Crippen molar-refractivity contribution >= 4 is 18.9 Å². The van der Waals surface area contributed by atoms with Crippen LogP contribution in [0.5, 0.6) is 0 Å². The largest absolute Gasteiger partial charge is 0.0622 e. The Morgan fingerprint density at radius 3 is 2.41 bits per heavy atom. The fourth-order valence-electron chi connectivity index (χ4n) is 2.75. The Labute approximate surface area is 115 Å². The molecule has 0 heterocycles. The summed E-state index contributed by atoms with van der Waals surface area (Å²) in [4.78, 5) is 0. The molecule has 1 aliphatic rings. The zero-order valence-corrected chi connectivity index (χ0v) is 10.6. The monoisotopic (exact) mass is 215 g/mol. The molecule has 2 aromatic carbocycles. The minimum atomic E-state index is 0. The van der Waals surface area contributed by atoms with Crippen molar-refractivity contribution < 1.29 is 0 Å². The van der Waals surface area contributed by atoms with Gasteiger partial charge in [-0.05, 0) is 41.0 Å². The standard InChI is InChI=1S/C16H16.Li/c1-12-10-14-8-5-9-15(16(14)11-12)13-6-3-2-4-7-13;/h2-9,12H,10-11H2,1H3;. The summed E-state index contributed by atoms with van der Waals surface area (Å²) in [6.45, 7) is 2.34. The third kappa shape index (κ3) is 2.34. The van der Waals surface area contributed by atoms with E-state index in [2.05, 4.69) is 55.5 Å². The third-order valence-corrected chi connectivity index (χ3v) is 3.48. The number of hydrogen-bond donors (Lipinski definition) is 0. The van der Waals surface area contributed by atoms with Crippen LogP contribution in [0.2, 0.25) is 0 Å². The number of hydrogen-bond acceptors (Lipinski definition) is 0.